The van der Waals surface area contributed by atoms with Gasteiger partial charge in [-0.1, -0.05) is 11.6 Å². The molecule has 0 saturated carbocycles. The van der Waals surface area contributed by atoms with Gasteiger partial charge in [0.15, 0.2) is 5.82 Å². The number of halogens is 4. The van der Waals surface area contributed by atoms with Crippen LogP contribution < -0.4 is 0 Å². The van der Waals surface area contributed by atoms with Crippen molar-refractivity contribution in [1.82, 2.24) is 0 Å². The highest BCUT2D eigenvalue weighted by molar-refractivity contribution is 9.10. The van der Waals surface area contributed by atoms with Gasteiger partial charge in [-0.15, -0.1) is 0 Å². The van der Waals surface area contributed by atoms with E-state index in [0.29, 0.717) is 0 Å². The van der Waals surface area contributed by atoms with E-state index >= 15 is 0 Å². The quantitative estimate of drug-likeness (QED) is 0.551. The largest absolute Gasteiger partial charge is 0.464 e. The second kappa shape index (κ2) is 3.94. The molecular formula is C10H4BrClF2O. The van der Waals surface area contributed by atoms with Crippen LogP contribution in [0.4, 0.5) is 8.78 Å². The molecule has 15 heavy (non-hydrogen) atoms. The third kappa shape index (κ3) is 1.79. The Labute approximate surface area is 97.8 Å². The van der Waals surface area contributed by atoms with Gasteiger partial charge in [0, 0.05) is 0 Å². The van der Waals surface area contributed by atoms with E-state index in [4.69, 9.17) is 16.0 Å². The van der Waals surface area contributed by atoms with Gasteiger partial charge in [-0.25, -0.2) is 8.78 Å². The Morgan fingerprint density at radius 3 is 2.67 bits per heavy atom. The molecule has 2 rings (SSSR count). The average Bonchev–Trinajstić information content (AvgIpc) is 2.68. The molecule has 1 nitrogen and oxygen atoms in total. The van der Waals surface area contributed by atoms with Gasteiger partial charge in [0.05, 0.1) is 21.3 Å². The van der Waals surface area contributed by atoms with E-state index in [1.54, 1.807) is 6.07 Å². The summed E-state index contributed by atoms with van der Waals surface area (Å²) in [5.74, 6) is -1.09. The van der Waals surface area contributed by atoms with E-state index in [-0.39, 0.29) is 20.8 Å². The Morgan fingerprint density at radius 1 is 1.33 bits per heavy atom. The molecule has 0 atom stereocenters. The Morgan fingerprint density at radius 2 is 2.07 bits per heavy atom. The number of rotatable bonds is 1. The normalized spacial score (nSPS) is 10.7. The number of furan rings is 1. The lowest BCUT2D eigenvalue weighted by atomic mass is 10.1. The fourth-order valence-corrected chi connectivity index (χ4v) is 2.12. The van der Waals surface area contributed by atoms with Crippen molar-refractivity contribution in [3.8, 4) is 11.3 Å². The van der Waals surface area contributed by atoms with Gasteiger partial charge in [0.2, 0.25) is 0 Å². The highest BCUT2D eigenvalue weighted by atomic mass is 79.9. The summed E-state index contributed by atoms with van der Waals surface area (Å²) in [6, 6.07) is 4.05. The molecule has 0 bridgehead atoms. The number of hydrogen-bond acceptors (Lipinski definition) is 1. The minimum absolute atomic E-state index is 0.0295. The monoisotopic (exact) mass is 292 g/mol. The summed E-state index contributed by atoms with van der Waals surface area (Å²) >= 11 is 8.42. The summed E-state index contributed by atoms with van der Waals surface area (Å²) in [6.45, 7) is 0. The van der Waals surface area contributed by atoms with Crippen LogP contribution in [0, 0.1) is 11.6 Å². The lowest BCUT2D eigenvalue weighted by Crippen LogP contribution is -1.90. The van der Waals surface area contributed by atoms with Gasteiger partial charge in [-0.2, -0.15) is 0 Å². The zero-order valence-electron chi connectivity index (χ0n) is 7.23. The molecule has 0 N–H and O–H groups in total. The molecule has 0 radical (unpaired) electrons. The maximum absolute atomic E-state index is 13.5. The number of benzene rings is 1. The average molecular weight is 293 g/mol. The van der Waals surface area contributed by atoms with Gasteiger partial charge in [-0.05, 0) is 34.1 Å². The third-order valence-corrected chi connectivity index (χ3v) is 2.90. The highest BCUT2D eigenvalue weighted by Crippen LogP contribution is 2.36. The summed E-state index contributed by atoms with van der Waals surface area (Å²) in [5, 5.41) is -0.269. The Balaban J connectivity index is 2.72. The first kappa shape index (κ1) is 10.6. The lowest BCUT2D eigenvalue weighted by Gasteiger charge is -2.05. The minimum Gasteiger partial charge on any atom is -0.464 e. The molecule has 5 heteroatoms. The molecule has 0 aliphatic carbocycles. The summed E-state index contributed by atoms with van der Waals surface area (Å²) in [7, 11) is 0. The van der Waals surface area contributed by atoms with Crippen LogP contribution in [-0.2, 0) is 0 Å². The van der Waals surface area contributed by atoms with Crippen LogP contribution in [-0.4, -0.2) is 0 Å². The molecule has 0 saturated heterocycles. The van der Waals surface area contributed by atoms with E-state index < -0.39 is 11.6 Å². The van der Waals surface area contributed by atoms with E-state index in [1.165, 1.54) is 12.3 Å². The first-order valence-electron chi connectivity index (χ1n) is 3.98. The maximum Gasteiger partial charge on any atom is 0.156 e. The summed E-state index contributed by atoms with van der Waals surface area (Å²) in [6.07, 6.45) is 1.38. The van der Waals surface area contributed by atoms with Crippen molar-refractivity contribution < 1.29 is 13.2 Å². The topological polar surface area (TPSA) is 13.1 Å². The molecule has 0 fully saturated rings. The molecule has 0 aliphatic rings. The Hall–Kier alpha value is -0.870. The second-order valence-corrected chi connectivity index (χ2v) is 4.02. The molecule has 2 aromatic rings. The van der Waals surface area contributed by atoms with E-state index in [9.17, 15) is 8.78 Å². The molecule has 1 aromatic carbocycles. The van der Waals surface area contributed by atoms with Crippen LogP contribution in [0.1, 0.15) is 0 Å². The van der Waals surface area contributed by atoms with Crippen LogP contribution in [0.2, 0.25) is 5.02 Å². The third-order valence-electron chi connectivity index (χ3n) is 1.88. The van der Waals surface area contributed by atoms with Crippen LogP contribution in [0.25, 0.3) is 11.3 Å². The molecule has 1 aromatic heterocycles. The van der Waals surface area contributed by atoms with Gasteiger partial charge >= 0.3 is 0 Å². The molecule has 0 spiro atoms. The maximum atomic E-state index is 13.5. The fraction of sp³-hybridized carbons (Fsp3) is 0. The van der Waals surface area contributed by atoms with Gasteiger partial charge in [0.1, 0.15) is 11.6 Å². The van der Waals surface area contributed by atoms with Gasteiger partial charge in [0.25, 0.3) is 0 Å². The van der Waals surface area contributed by atoms with Crippen molar-refractivity contribution in [3.05, 3.63) is 45.6 Å². The van der Waals surface area contributed by atoms with Crippen LogP contribution in [0.5, 0.6) is 0 Å². The zero-order chi connectivity index (χ0) is 11.0. The Kier molecular flexibility index (Phi) is 2.80. The molecule has 0 aliphatic heterocycles. The second-order valence-electron chi connectivity index (χ2n) is 2.82. The van der Waals surface area contributed by atoms with Crippen LogP contribution >= 0.6 is 27.5 Å². The SMILES string of the molecule is Fc1cc(Cl)c(F)c(Br)c1-c1ccco1. The Bertz CT molecular complexity index is 497. The molecule has 1 heterocycles. The van der Waals surface area contributed by atoms with E-state index in [1.807, 2.05) is 0 Å². The lowest BCUT2D eigenvalue weighted by molar-refractivity contribution is 0.561. The first-order chi connectivity index (χ1) is 7.11. The first-order valence-corrected chi connectivity index (χ1v) is 5.15. The van der Waals surface area contributed by atoms with Crippen LogP contribution in [0.15, 0.2) is 33.4 Å². The highest BCUT2D eigenvalue weighted by Gasteiger charge is 2.18. The van der Waals surface area contributed by atoms with Crippen molar-refractivity contribution in [2.75, 3.05) is 0 Å². The van der Waals surface area contributed by atoms with Crippen molar-refractivity contribution in [2.45, 2.75) is 0 Å². The van der Waals surface area contributed by atoms with Crippen LogP contribution in [0.3, 0.4) is 0 Å². The fourth-order valence-electron chi connectivity index (χ4n) is 1.21. The standard InChI is InChI=1S/C10H4BrClF2O/c11-9-8(7-2-1-3-15-7)6(13)4-5(12)10(9)14/h1-4H. The summed E-state index contributed by atoms with van der Waals surface area (Å²) in [5.41, 5.74) is 0.0295. The predicted molar refractivity (Wildman–Crippen MR) is 56.8 cm³/mol. The smallest absolute Gasteiger partial charge is 0.156 e. The molecule has 0 amide bonds. The van der Waals surface area contributed by atoms with E-state index in [0.717, 1.165) is 6.07 Å². The molecule has 0 unspecified atom stereocenters. The van der Waals surface area contributed by atoms with Gasteiger partial charge in [-0.3, -0.25) is 0 Å². The zero-order valence-corrected chi connectivity index (χ0v) is 9.57. The van der Waals surface area contributed by atoms with Crippen molar-refractivity contribution in [2.24, 2.45) is 0 Å². The minimum atomic E-state index is -0.704. The summed E-state index contributed by atoms with van der Waals surface area (Å²) in [4.78, 5) is 0. The summed E-state index contributed by atoms with van der Waals surface area (Å²) < 4.78 is 31.8. The molecule has 78 valence electrons. The predicted octanol–water partition coefficient (Wildman–Crippen LogP) is 4.64. The van der Waals surface area contributed by atoms with Gasteiger partial charge < -0.3 is 4.42 Å². The van der Waals surface area contributed by atoms with Crippen molar-refractivity contribution in [3.63, 3.8) is 0 Å². The van der Waals surface area contributed by atoms with Crippen molar-refractivity contribution >= 4 is 27.5 Å². The van der Waals surface area contributed by atoms with E-state index in [2.05, 4.69) is 15.9 Å². The van der Waals surface area contributed by atoms with Crippen molar-refractivity contribution in [1.29, 1.82) is 0 Å². The number of hydrogen-bond donors (Lipinski definition) is 0. The molecular weight excluding hydrogens is 289 g/mol.